The molecule has 2 atom stereocenters. The summed E-state index contributed by atoms with van der Waals surface area (Å²) in [4.78, 5) is 4.51. The molecular formula is C18H24N2O. The predicted octanol–water partition coefficient (Wildman–Crippen LogP) is 4.16. The van der Waals surface area contributed by atoms with Crippen LogP contribution in [0.4, 0.5) is 5.69 Å². The number of rotatable bonds is 4. The maximum Gasteiger partial charge on any atom is 0.0751 e. The average Bonchev–Trinajstić information content (AvgIpc) is 2.49. The molecule has 1 fully saturated rings. The summed E-state index contributed by atoms with van der Waals surface area (Å²) in [6.07, 6.45) is 3.28. The second kappa shape index (κ2) is 5.30. The first-order valence-electron chi connectivity index (χ1n) is 7.76. The quantitative estimate of drug-likeness (QED) is 0.915. The van der Waals surface area contributed by atoms with E-state index in [-0.39, 0.29) is 5.41 Å². The van der Waals surface area contributed by atoms with E-state index < -0.39 is 0 Å². The lowest BCUT2D eigenvalue weighted by molar-refractivity contribution is -0.0975. The Bertz CT molecular complexity index is 651. The Morgan fingerprint density at radius 2 is 2.14 bits per heavy atom. The molecule has 1 saturated carbocycles. The van der Waals surface area contributed by atoms with Gasteiger partial charge in [0.1, 0.15) is 0 Å². The van der Waals surface area contributed by atoms with E-state index in [2.05, 4.69) is 56.2 Å². The van der Waals surface area contributed by atoms with Crippen molar-refractivity contribution in [1.29, 1.82) is 0 Å². The number of pyridine rings is 1. The fourth-order valence-corrected chi connectivity index (χ4v) is 3.24. The molecule has 1 heterocycles. The Kier molecular flexibility index (Phi) is 3.62. The largest absolute Gasteiger partial charge is 0.381 e. The van der Waals surface area contributed by atoms with Crippen LogP contribution in [0.2, 0.25) is 0 Å². The van der Waals surface area contributed by atoms with E-state index >= 15 is 0 Å². The van der Waals surface area contributed by atoms with E-state index in [0.717, 1.165) is 18.5 Å². The zero-order valence-corrected chi connectivity index (χ0v) is 13.3. The van der Waals surface area contributed by atoms with Crippen LogP contribution in [-0.2, 0) is 4.74 Å². The van der Waals surface area contributed by atoms with E-state index in [1.807, 2.05) is 12.3 Å². The van der Waals surface area contributed by atoms with Crippen molar-refractivity contribution >= 4 is 16.6 Å². The second-order valence-corrected chi connectivity index (χ2v) is 6.53. The molecule has 0 spiro atoms. The van der Waals surface area contributed by atoms with Gasteiger partial charge in [-0.15, -0.1) is 0 Å². The van der Waals surface area contributed by atoms with Gasteiger partial charge in [0.05, 0.1) is 11.6 Å². The SMILES string of the molecule is CCOC1CC(Nc2ccc(C)c3ncccc23)C1(C)C. The van der Waals surface area contributed by atoms with Crippen LogP contribution in [0.3, 0.4) is 0 Å². The van der Waals surface area contributed by atoms with Gasteiger partial charge in [-0.3, -0.25) is 4.98 Å². The number of ether oxygens (including phenoxy) is 1. The fraction of sp³-hybridized carbons (Fsp3) is 0.500. The van der Waals surface area contributed by atoms with Gasteiger partial charge in [-0.2, -0.15) is 0 Å². The lowest BCUT2D eigenvalue weighted by Crippen LogP contribution is -2.58. The van der Waals surface area contributed by atoms with Crippen LogP contribution in [0, 0.1) is 12.3 Å². The molecule has 21 heavy (non-hydrogen) atoms. The number of nitrogens with zero attached hydrogens (tertiary/aromatic N) is 1. The second-order valence-electron chi connectivity index (χ2n) is 6.53. The third kappa shape index (κ3) is 2.40. The molecule has 2 aromatic rings. The molecular weight excluding hydrogens is 260 g/mol. The molecule has 0 bridgehead atoms. The minimum Gasteiger partial charge on any atom is -0.381 e. The smallest absolute Gasteiger partial charge is 0.0751 e. The van der Waals surface area contributed by atoms with Crippen molar-refractivity contribution < 1.29 is 4.74 Å². The number of aromatic nitrogens is 1. The van der Waals surface area contributed by atoms with Crippen molar-refractivity contribution in [3.05, 3.63) is 36.0 Å². The zero-order valence-electron chi connectivity index (χ0n) is 13.3. The van der Waals surface area contributed by atoms with E-state index in [1.165, 1.54) is 16.6 Å². The third-order valence-electron chi connectivity index (χ3n) is 4.85. The number of hydrogen-bond donors (Lipinski definition) is 1. The van der Waals surface area contributed by atoms with Gasteiger partial charge >= 0.3 is 0 Å². The van der Waals surface area contributed by atoms with Gasteiger partial charge in [0, 0.05) is 35.3 Å². The van der Waals surface area contributed by atoms with Gasteiger partial charge in [-0.05, 0) is 44.0 Å². The first kappa shape index (κ1) is 14.3. The Balaban J connectivity index is 1.85. The van der Waals surface area contributed by atoms with Crippen LogP contribution in [0.25, 0.3) is 10.9 Å². The number of benzene rings is 1. The summed E-state index contributed by atoms with van der Waals surface area (Å²) in [5.41, 5.74) is 3.64. The van der Waals surface area contributed by atoms with Gasteiger partial charge in [-0.25, -0.2) is 0 Å². The monoisotopic (exact) mass is 284 g/mol. The molecule has 1 aliphatic rings. The Morgan fingerprint density at radius 3 is 2.86 bits per heavy atom. The van der Waals surface area contributed by atoms with Crippen molar-refractivity contribution in [2.75, 3.05) is 11.9 Å². The summed E-state index contributed by atoms with van der Waals surface area (Å²) in [6, 6.07) is 8.90. The molecule has 3 rings (SSSR count). The molecule has 3 nitrogen and oxygen atoms in total. The number of nitrogens with one attached hydrogen (secondary N) is 1. The normalized spacial score (nSPS) is 23.8. The molecule has 0 amide bonds. The van der Waals surface area contributed by atoms with Crippen LogP contribution in [-0.4, -0.2) is 23.7 Å². The van der Waals surface area contributed by atoms with E-state index in [9.17, 15) is 0 Å². The van der Waals surface area contributed by atoms with Crippen molar-refractivity contribution in [1.82, 2.24) is 4.98 Å². The van der Waals surface area contributed by atoms with Gasteiger partial charge in [-0.1, -0.05) is 19.9 Å². The van der Waals surface area contributed by atoms with Crippen LogP contribution in [0.15, 0.2) is 30.5 Å². The highest BCUT2D eigenvalue weighted by Gasteiger charge is 2.48. The number of aryl methyl sites for hydroxylation is 1. The lowest BCUT2D eigenvalue weighted by atomic mass is 9.64. The van der Waals surface area contributed by atoms with Gasteiger partial charge in [0.2, 0.25) is 0 Å². The molecule has 1 aromatic carbocycles. The van der Waals surface area contributed by atoms with Gasteiger partial charge in [0.15, 0.2) is 0 Å². The highest BCUT2D eigenvalue weighted by atomic mass is 16.5. The minimum absolute atomic E-state index is 0.162. The van der Waals surface area contributed by atoms with Gasteiger partial charge in [0.25, 0.3) is 0 Å². The maximum atomic E-state index is 5.82. The Hall–Kier alpha value is -1.61. The van der Waals surface area contributed by atoms with Crippen LogP contribution in [0.5, 0.6) is 0 Å². The molecule has 1 aromatic heterocycles. The van der Waals surface area contributed by atoms with Crippen LogP contribution in [0.1, 0.15) is 32.8 Å². The first-order chi connectivity index (χ1) is 10.0. The Labute approximate surface area is 126 Å². The highest BCUT2D eigenvalue weighted by Crippen LogP contribution is 2.45. The molecule has 1 aliphatic carbocycles. The molecule has 2 unspecified atom stereocenters. The van der Waals surface area contributed by atoms with Gasteiger partial charge < -0.3 is 10.1 Å². The summed E-state index contributed by atoms with van der Waals surface area (Å²) in [5.74, 6) is 0. The molecule has 0 saturated heterocycles. The molecule has 3 heteroatoms. The summed E-state index contributed by atoms with van der Waals surface area (Å²) in [6.45, 7) is 9.53. The number of fused-ring (bicyclic) bond motifs is 1. The van der Waals surface area contributed by atoms with Crippen LogP contribution < -0.4 is 5.32 Å². The number of hydrogen-bond acceptors (Lipinski definition) is 3. The number of anilines is 1. The van der Waals surface area contributed by atoms with Crippen molar-refractivity contribution in [3.8, 4) is 0 Å². The van der Waals surface area contributed by atoms with Crippen molar-refractivity contribution in [3.63, 3.8) is 0 Å². The first-order valence-corrected chi connectivity index (χ1v) is 7.76. The molecule has 112 valence electrons. The van der Waals surface area contributed by atoms with Crippen molar-refractivity contribution in [2.45, 2.75) is 46.3 Å². The average molecular weight is 284 g/mol. The lowest BCUT2D eigenvalue weighted by Gasteiger charge is -2.52. The summed E-state index contributed by atoms with van der Waals surface area (Å²) in [5, 5.41) is 4.91. The predicted molar refractivity (Wildman–Crippen MR) is 87.7 cm³/mol. The zero-order chi connectivity index (χ0) is 15.0. The van der Waals surface area contributed by atoms with Crippen molar-refractivity contribution in [2.24, 2.45) is 5.41 Å². The Morgan fingerprint density at radius 1 is 1.33 bits per heavy atom. The van der Waals surface area contributed by atoms with E-state index in [1.54, 1.807) is 0 Å². The standard InChI is InChI=1S/C18H24N2O/c1-5-21-16-11-15(18(16,3)4)20-14-9-8-12(2)17-13(14)7-6-10-19-17/h6-10,15-16,20H,5,11H2,1-4H3. The summed E-state index contributed by atoms with van der Waals surface area (Å²) >= 11 is 0. The summed E-state index contributed by atoms with van der Waals surface area (Å²) in [7, 11) is 0. The molecule has 0 aliphatic heterocycles. The van der Waals surface area contributed by atoms with E-state index in [4.69, 9.17) is 4.74 Å². The highest BCUT2D eigenvalue weighted by molar-refractivity contribution is 5.93. The molecule has 0 radical (unpaired) electrons. The minimum atomic E-state index is 0.162. The summed E-state index contributed by atoms with van der Waals surface area (Å²) < 4.78 is 5.82. The topological polar surface area (TPSA) is 34.1 Å². The van der Waals surface area contributed by atoms with Crippen LogP contribution >= 0.6 is 0 Å². The molecule has 1 N–H and O–H groups in total. The maximum absolute atomic E-state index is 5.82. The van der Waals surface area contributed by atoms with E-state index in [0.29, 0.717) is 12.1 Å². The fourth-order valence-electron chi connectivity index (χ4n) is 3.24. The third-order valence-corrected chi connectivity index (χ3v) is 4.85.